The second-order valence-corrected chi connectivity index (χ2v) is 1.10. The van der Waals surface area contributed by atoms with Crippen LogP contribution >= 0.6 is 0 Å². The summed E-state index contributed by atoms with van der Waals surface area (Å²) in [6.45, 7) is -2.91. The average molecular weight is 139 g/mol. The fraction of sp³-hybridized carbons (Fsp3) is 0.833. The number of carboxylic acids is 1. The predicted octanol–water partition coefficient (Wildman–Crippen LogP) is 0.590. The average Bonchev–Trinajstić information content (AvgIpc) is 1.98. The van der Waals surface area contributed by atoms with Crippen molar-refractivity contribution in [3.8, 4) is 0 Å². The minimum absolute atomic E-state index is 1.32. The number of hydrogen-bond acceptors (Lipinski definition) is 2. The zero-order valence-electron chi connectivity index (χ0n) is 12.6. The van der Waals surface area contributed by atoms with E-state index in [1.165, 1.54) is 0 Å². The molecule has 0 radical (unpaired) electrons. The first-order chi connectivity index (χ1) is 7.15. The molecule has 0 rings (SSSR count). The summed E-state index contributed by atoms with van der Waals surface area (Å²) >= 11 is 0. The van der Waals surface area contributed by atoms with Crippen molar-refractivity contribution in [2.45, 2.75) is 25.5 Å². The highest BCUT2D eigenvalue weighted by molar-refractivity contribution is 5.66. The van der Waals surface area contributed by atoms with E-state index in [-0.39, 0.29) is 0 Å². The van der Waals surface area contributed by atoms with Gasteiger partial charge in [0.2, 0.25) is 0 Å². The van der Waals surface area contributed by atoms with Gasteiger partial charge in [-0.3, -0.25) is 4.79 Å². The number of aliphatic carboxylic acids is 1. The van der Waals surface area contributed by atoms with Gasteiger partial charge in [0.25, 0.3) is 0 Å². The van der Waals surface area contributed by atoms with Crippen LogP contribution in [0.3, 0.4) is 0 Å². The van der Waals surface area contributed by atoms with E-state index in [1.54, 1.807) is 0 Å². The number of nitrogens with two attached hydrogens (primary N) is 1. The molecule has 0 saturated heterocycles. The third-order valence-electron chi connectivity index (χ3n) is 0.474. The molecule has 0 aliphatic rings. The van der Waals surface area contributed by atoms with Crippen LogP contribution in [0.15, 0.2) is 0 Å². The lowest BCUT2D eigenvalue weighted by Crippen LogP contribution is -1.99. The van der Waals surface area contributed by atoms with Gasteiger partial charge in [0.05, 0.1) is 0 Å². The summed E-state index contributed by atoms with van der Waals surface area (Å²) in [6, 6.07) is 0. The summed E-state index contributed by atoms with van der Waals surface area (Å²) in [7, 11) is 0. The van der Waals surface area contributed by atoms with Gasteiger partial charge in [-0.15, -0.1) is 0 Å². The molecule has 0 aliphatic heterocycles. The van der Waals surface area contributed by atoms with Gasteiger partial charge in [0.1, 0.15) is 0 Å². The Hall–Kier alpha value is -0.570. The van der Waals surface area contributed by atoms with Gasteiger partial charge in [-0.1, -0.05) is 6.42 Å². The van der Waals surface area contributed by atoms with Gasteiger partial charge in [-0.25, -0.2) is 0 Å². The molecule has 9 heavy (non-hydrogen) atoms. The van der Waals surface area contributed by atoms with E-state index in [9.17, 15) is 4.79 Å². The lowest BCUT2D eigenvalue weighted by atomic mass is 10.2. The lowest BCUT2D eigenvalue weighted by Gasteiger charge is -1.93. The predicted molar refractivity (Wildman–Crippen MR) is 35.2 cm³/mol. The second-order valence-electron chi connectivity index (χ2n) is 1.10. The van der Waals surface area contributed by atoms with Crippen LogP contribution < -0.4 is 5.73 Å². The highest BCUT2D eigenvalue weighted by atomic mass is 16.4. The quantitative estimate of drug-likeness (QED) is 0.586. The molecular weight excluding hydrogens is 118 g/mol. The SMILES string of the molecule is [2H]C([2H])(N)C([2H])([2H])CC([2H])([2H])C([2H])([2H])C(=O)O. The van der Waals surface area contributed by atoms with Gasteiger partial charge in [0, 0.05) is 17.3 Å². The van der Waals surface area contributed by atoms with E-state index in [4.69, 9.17) is 21.8 Å². The van der Waals surface area contributed by atoms with Crippen molar-refractivity contribution in [1.29, 1.82) is 0 Å². The molecule has 0 aromatic carbocycles. The Kier molecular flexibility index (Phi) is 1.21. The summed E-state index contributed by atoms with van der Waals surface area (Å²) in [5.41, 5.74) is 4.86. The van der Waals surface area contributed by atoms with Crippen molar-refractivity contribution in [1.82, 2.24) is 0 Å². The first kappa shape index (κ1) is 1.95. The lowest BCUT2D eigenvalue weighted by molar-refractivity contribution is -0.137. The van der Waals surface area contributed by atoms with Crippen molar-refractivity contribution < 1.29 is 20.9 Å². The van der Waals surface area contributed by atoms with Crippen molar-refractivity contribution in [3.05, 3.63) is 0 Å². The van der Waals surface area contributed by atoms with Gasteiger partial charge in [-0.2, -0.15) is 0 Å². The smallest absolute Gasteiger partial charge is 0.303 e. The van der Waals surface area contributed by atoms with Crippen LogP contribution in [0.1, 0.15) is 36.5 Å². The summed E-state index contributed by atoms with van der Waals surface area (Å²) < 4.78 is 56.9. The highest BCUT2D eigenvalue weighted by Crippen LogP contribution is 1.97. The topological polar surface area (TPSA) is 63.3 Å². The van der Waals surface area contributed by atoms with Crippen molar-refractivity contribution in [2.24, 2.45) is 5.73 Å². The summed E-state index contributed by atoms with van der Waals surface area (Å²) in [5.74, 6) is -2.09. The minimum atomic E-state index is -3.34. The zero-order valence-corrected chi connectivity index (χ0v) is 4.64. The molecule has 0 spiro atoms. The summed E-state index contributed by atoms with van der Waals surface area (Å²) in [4.78, 5) is 10.5. The second kappa shape index (κ2) is 5.56. The Labute approximate surface area is 66.1 Å². The van der Waals surface area contributed by atoms with E-state index >= 15 is 0 Å². The summed E-state index contributed by atoms with van der Waals surface area (Å²) in [6.07, 6.45) is -10.7. The molecule has 0 fully saturated rings. The number of rotatable bonds is 5. The number of carboxylic acid groups (broad SMARTS) is 1. The maximum absolute atomic E-state index is 10.5. The van der Waals surface area contributed by atoms with Crippen LogP contribution in [0, 0.1) is 0 Å². The standard InChI is InChI=1S/C6H13NO2/c7-5-3-1-2-4-6(8)9/h1-5,7H2,(H,8,9)/i2D2,3D2,4D2,5D2. The van der Waals surface area contributed by atoms with E-state index in [1.807, 2.05) is 0 Å². The van der Waals surface area contributed by atoms with Crippen LogP contribution in [0.4, 0.5) is 0 Å². The van der Waals surface area contributed by atoms with Crippen LogP contribution in [-0.4, -0.2) is 17.6 Å². The van der Waals surface area contributed by atoms with Crippen LogP contribution in [0.5, 0.6) is 0 Å². The van der Waals surface area contributed by atoms with Crippen molar-refractivity contribution in [2.75, 3.05) is 6.50 Å². The molecule has 0 aromatic heterocycles. The molecule has 0 aromatic rings. The molecule has 3 heteroatoms. The molecule has 0 amide bonds. The Morgan fingerprint density at radius 2 is 2.33 bits per heavy atom. The molecule has 54 valence electrons. The Bertz CT molecular complexity index is 310. The fourth-order valence-electron chi connectivity index (χ4n) is 0.215. The normalized spacial score (nSPS) is 29.0. The number of hydrogen-bond donors (Lipinski definition) is 2. The largest absolute Gasteiger partial charge is 0.481 e. The van der Waals surface area contributed by atoms with E-state index in [0.717, 1.165) is 0 Å². The van der Waals surface area contributed by atoms with E-state index in [0.29, 0.717) is 0 Å². The van der Waals surface area contributed by atoms with Crippen molar-refractivity contribution in [3.63, 3.8) is 0 Å². The third kappa shape index (κ3) is 7.43. The molecule has 0 aliphatic carbocycles. The van der Waals surface area contributed by atoms with Crippen molar-refractivity contribution >= 4 is 5.97 Å². The maximum Gasteiger partial charge on any atom is 0.303 e. The minimum Gasteiger partial charge on any atom is -0.481 e. The Morgan fingerprint density at radius 1 is 1.67 bits per heavy atom. The maximum atomic E-state index is 10.5. The first-order valence-corrected chi connectivity index (χ1v) is 2.17. The van der Waals surface area contributed by atoms with Gasteiger partial charge in [-0.05, 0) is 19.2 Å². The fourth-order valence-corrected chi connectivity index (χ4v) is 0.215. The van der Waals surface area contributed by atoms with E-state index in [2.05, 4.69) is 0 Å². The molecule has 3 N–H and O–H groups in total. The molecule has 3 nitrogen and oxygen atoms in total. The molecule has 0 unspecified atom stereocenters. The van der Waals surface area contributed by atoms with Crippen LogP contribution in [-0.2, 0) is 4.79 Å². The highest BCUT2D eigenvalue weighted by Gasteiger charge is 1.94. The summed E-state index contributed by atoms with van der Waals surface area (Å²) in [5, 5.41) is 8.51. The van der Waals surface area contributed by atoms with Crippen LogP contribution in [0.25, 0.3) is 0 Å². The Morgan fingerprint density at radius 3 is 2.78 bits per heavy atom. The zero-order chi connectivity index (χ0) is 14.3. The molecule has 0 saturated carbocycles. The molecule has 0 atom stereocenters. The van der Waals surface area contributed by atoms with Crippen LogP contribution in [0.2, 0.25) is 0 Å². The van der Waals surface area contributed by atoms with Gasteiger partial charge < -0.3 is 10.8 Å². The Balaban J connectivity index is 5.20. The van der Waals surface area contributed by atoms with Gasteiger partial charge >= 0.3 is 5.97 Å². The van der Waals surface area contributed by atoms with E-state index < -0.39 is 38.0 Å². The molecule has 0 heterocycles. The monoisotopic (exact) mass is 139 g/mol. The van der Waals surface area contributed by atoms with Gasteiger partial charge in [0.15, 0.2) is 0 Å². The molecular formula is C6H13NO2. The molecule has 0 bridgehead atoms. The first-order valence-electron chi connectivity index (χ1n) is 6.17. The third-order valence-corrected chi connectivity index (χ3v) is 0.474. The number of carbonyl (C=O) groups is 1.